The van der Waals surface area contributed by atoms with E-state index >= 15 is 0 Å². The Morgan fingerprint density at radius 1 is 1.11 bits per heavy atom. The van der Waals surface area contributed by atoms with E-state index < -0.39 is 0 Å². The van der Waals surface area contributed by atoms with E-state index in [2.05, 4.69) is 5.32 Å². The summed E-state index contributed by atoms with van der Waals surface area (Å²) < 4.78 is 16.1. The highest BCUT2D eigenvalue weighted by Crippen LogP contribution is 2.28. The Hall–Kier alpha value is -2.44. The van der Waals surface area contributed by atoms with Crippen LogP contribution in [-0.2, 0) is 11.3 Å². The first-order valence-corrected chi connectivity index (χ1v) is 9.53. The van der Waals surface area contributed by atoms with Crippen LogP contribution in [0.25, 0.3) is 0 Å². The van der Waals surface area contributed by atoms with E-state index in [9.17, 15) is 4.79 Å². The van der Waals surface area contributed by atoms with Gasteiger partial charge in [-0.15, -0.1) is 0 Å². The first kappa shape index (κ1) is 21.9. The van der Waals surface area contributed by atoms with Crippen molar-refractivity contribution in [3.8, 4) is 17.2 Å². The molecule has 0 aliphatic carbocycles. The van der Waals surface area contributed by atoms with Gasteiger partial charge in [-0.2, -0.15) is 0 Å². The number of ether oxygens (including phenoxy) is 3. The molecular formula is C21H28ClN2O4+. The number of nitrogens with one attached hydrogen (secondary N) is 2. The lowest BCUT2D eigenvalue weighted by Gasteiger charge is -2.22. The smallest absolute Gasteiger partial charge is 0.282 e. The summed E-state index contributed by atoms with van der Waals surface area (Å²) >= 11 is 6.12. The van der Waals surface area contributed by atoms with Gasteiger partial charge in [0.2, 0.25) is 0 Å². The van der Waals surface area contributed by atoms with E-state index in [-0.39, 0.29) is 11.9 Å². The van der Waals surface area contributed by atoms with E-state index in [0.29, 0.717) is 41.1 Å². The van der Waals surface area contributed by atoms with Crippen LogP contribution in [0.4, 0.5) is 5.69 Å². The van der Waals surface area contributed by atoms with Crippen molar-refractivity contribution in [3.63, 3.8) is 0 Å². The number of carbonyl (C=O) groups excluding carboxylic acids is 1. The molecule has 7 heteroatoms. The van der Waals surface area contributed by atoms with E-state index in [0.717, 1.165) is 10.5 Å². The second-order valence-electron chi connectivity index (χ2n) is 6.50. The van der Waals surface area contributed by atoms with Crippen LogP contribution in [0.1, 0.15) is 19.4 Å². The highest BCUT2D eigenvalue weighted by atomic mass is 35.5. The summed E-state index contributed by atoms with van der Waals surface area (Å²) in [7, 11) is 5.15. The van der Waals surface area contributed by atoms with Crippen LogP contribution in [0.15, 0.2) is 36.4 Å². The number of hydrogen-bond acceptors (Lipinski definition) is 4. The Morgan fingerprint density at radius 3 is 2.39 bits per heavy atom. The number of quaternary nitrogens is 1. The summed E-state index contributed by atoms with van der Waals surface area (Å²) in [5.41, 5.74) is 1.70. The van der Waals surface area contributed by atoms with Gasteiger partial charge in [0.15, 0.2) is 17.5 Å². The Bertz CT molecular complexity index is 813. The van der Waals surface area contributed by atoms with Crippen molar-refractivity contribution in [3.05, 3.63) is 47.0 Å². The zero-order chi connectivity index (χ0) is 20.7. The van der Waals surface area contributed by atoms with Gasteiger partial charge in [0.1, 0.15) is 12.3 Å². The summed E-state index contributed by atoms with van der Waals surface area (Å²) in [6, 6.07) is 10.7. The third kappa shape index (κ3) is 5.53. The highest BCUT2D eigenvalue weighted by Gasteiger charge is 2.23. The van der Waals surface area contributed by atoms with Gasteiger partial charge in [0, 0.05) is 11.3 Å². The van der Waals surface area contributed by atoms with E-state index in [4.69, 9.17) is 25.8 Å². The SMILES string of the molecule is CCOc1ccc(C[NH+](C)[C@@H](C)C(=O)Nc2ccc(OC)c(Cl)c2)cc1OC. The molecule has 2 aromatic rings. The van der Waals surface area contributed by atoms with Gasteiger partial charge < -0.3 is 24.4 Å². The molecule has 1 unspecified atom stereocenters. The molecule has 28 heavy (non-hydrogen) atoms. The van der Waals surface area contributed by atoms with Gasteiger partial charge >= 0.3 is 0 Å². The lowest BCUT2D eigenvalue weighted by atomic mass is 10.1. The maximum Gasteiger partial charge on any atom is 0.282 e. The molecular weight excluding hydrogens is 380 g/mol. The second kappa shape index (κ2) is 10.2. The molecule has 0 bridgehead atoms. The number of hydrogen-bond donors (Lipinski definition) is 2. The Labute approximate surface area is 171 Å². The monoisotopic (exact) mass is 407 g/mol. The molecule has 2 aromatic carbocycles. The average Bonchev–Trinajstić information content (AvgIpc) is 2.68. The lowest BCUT2D eigenvalue weighted by Crippen LogP contribution is -3.12. The molecule has 0 spiro atoms. The predicted octanol–water partition coefficient (Wildman–Crippen LogP) is 2.80. The maximum atomic E-state index is 12.6. The molecule has 0 heterocycles. The number of methoxy groups -OCH3 is 2. The zero-order valence-corrected chi connectivity index (χ0v) is 17.7. The van der Waals surface area contributed by atoms with Crippen molar-refractivity contribution in [1.82, 2.24) is 0 Å². The third-order valence-electron chi connectivity index (χ3n) is 4.56. The van der Waals surface area contributed by atoms with Crippen LogP contribution >= 0.6 is 11.6 Å². The van der Waals surface area contributed by atoms with Gasteiger partial charge in [-0.1, -0.05) is 11.6 Å². The molecule has 0 saturated carbocycles. The van der Waals surface area contributed by atoms with E-state index in [1.807, 2.05) is 39.1 Å². The van der Waals surface area contributed by atoms with Crippen molar-refractivity contribution >= 4 is 23.2 Å². The minimum Gasteiger partial charge on any atom is -0.495 e. The van der Waals surface area contributed by atoms with Gasteiger partial charge in [0.25, 0.3) is 5.91 Å². The second-order valence-corrected chi connectivity index (χ2v) is 6.91. The molecule has 2 atom stereocenters. The van der Waals surface area contributed by atoms with Crippen molar-refractivity contribution in [1.29, 1.82) is 0 Å². The summed E-state index contributed by atoms with van der Waals surface area (Å²) in [5.74, 6) is 1.89. The molecule has 0 aromatic heterocycles. The fourth-order valence-corrected chi connectivity index (χ4v) is 3.05. The molecule has 0 saturated heterocycles. The van der Waals surface area contributed by atoms with Crippen LogP contribution in [0.5, 0.6) is 17.2 Å². The summed E-state index contributed by atoms with van der Waals surface area (Å²) in [4.78, 5) is 13.7. The molecule has 1 amide bonds. The standard InChI is InChI=1S/C21H27ClN2O4/c1-6-28-19-9-7-15(11-20(19)27-5)13-24(3)14(2)21(25)23-16-8-10-18(26-4)17(22)12-16/h7-12,14H,6,13H2,1-5H3,(H,23,25)/p+1/t14-/m0/s1. The van der Waals surface area contributed by atoms with Crippen LogP contribution in [-0.4, -0.2) is 39.8 Å². The predicted molar refractivity (Wildman–Crippen MR) is 111 cm³/mol. The number of likely N-dealkylation sites (N-methyl/N-ethyl adjacent to an activating group) is 1. The Morgan fingerprint density at radius 2 is 1.79 bits per heavy atom. The van der Waals surface area contributed by atoms with Crippen molar-refractivity contribution in [2.75, 3.05) is 33.2 Å². The molecule has 152 valence electrons. The quantitative estimate of drug-likeness (QED) is 0.671. The number of rotatable bonds is 9. The van der Waals surface area contributed by atoms with Crippen molar-refractivity contribution in [2.24, 2.45) is 0 Å². The molecule has 0 aliphatic rings. The van der Waals surface area contributed by atoms with Crippen LogP contribution < -0.4 is 24.4 Å². The van der Waals surface area contributed by atoms with Gasteiger partial charge in [0.05, 0.1) is 32.9 Å². The number of benzene rings is 2. The highest BCUT2D eigenvalue weighted by molar-refractivity contribution is 6.32. The molecule has 2 N–H and O–H groups in total. The number of amides is 1. The zero-order valence-electron chi connectivity index (χ0n) is 17.0. The molecule has 6 nitrogen and oxygen atoms in total. The fourth-order valence-electron chi connectivity index (χ4n) is 2.79. The summed E-state index contributed by atoms with van der Waals surface area (Å²) in [6.45, 7) is 5.07. The number of carbonyl (C=O) groups is 1. The Kier molecular flexibility index (Phi) is 7.96. The molecule has 0 fully saturated rings. The minimum absolute atomic E-state index is 0.0864. The Balaban J connectivity index is 2.02. The summed E-state index contributed by atoms with van der Waals surface area (Å²) in [6.07, 6.45) is 0. The van der Waals surface area contributed by atoms with Gasteiger partial charge in [-0.3, -0.25) is 4.79 Å². The van der Waals surface area contributed by atoms with Crippen LogP contribution in [0, 0.1) is 0 Å². The normalized spacial score (nSPS) is 12.8. The topological polar surface area (TPSA) is 61.2 Å². The first-order valence-electron chi connectivity index (χ1n) is 9.16. The number of anilines is 1. The minimum atomic E-state index is -0.265. The number of halogens is 1. The summed E-state index contributed by atoms with van der Waals surface area (Å²) in [5, 5.41) is 3.36. The molecule has 0 aliphatic heterocycles. The third-order valence-corrected chi connectivity index (χ3v) is 4.86. The fraction of sp³-hybridized carbons (Fsp3) is 0.381. The first-order chi connectivity index (χ1) is 13.4. The average molecular weight is 408 g/mol. The molecule has 0 radical (unpaired) electrons. The largest absolute Gasteiger partial charge is 0.495 e. The lowest BCUT2D eigenvalue weighted by molar-refractivity contribution is -0.907. The van der Waals surface area contributed by atoms with Gasteiger partial charge in [-0.25, -0.2) is 0 Å². The van der Waals surface area contributed by atoms with Crippen molar-refractivity contribution in [2.45, 2.75) is 26.4 Å². The van der Waals surface area contributed by atoms with E-state index in [1.165, 1.54) is 0 Å². The van der Waals surface area contributed by atoms with Crippen molar-refractivity contribution < 1.29 is 23.9 Å². The maximum absolute atomic E-state index is 12.6. The van der Waals surface area contributed by atoms with E-state index in [1.54, 1.807) is 32.4 Å². The molecule has 2 rings (SSSR count). The van der Waals surface area contributed by atoms with Gasteiger partial charge in [-0.05, 0) is 50.2 Å². The van der Waals surface area contributed by atoms with Crippen LogP contribution in [0.2, 0.25) is 5.02 Å². The van der Waals surface area contributed by atoms with Crippen LogP contribution in [0.3, 0.4) is 0 Å².